The second-order valence-electron chi connectivity index (χ2n) is 4.93. The maximum atomic E-state index is 13.8. The minimum atomic E-state index is -0.421. The van der Waals surface area contributed by atoms with Crippen LogP contribution in [0, 0.1) is 5.82 Å². The van der Waals surface area contributed by atoms with Crippen LogP contribution in [-0.4, -0.2) is 34.3 Å². The van der Waals surface area contributed by atoms with Crippen LogP contribution < -0.4 is 10.6 Å². The van der Waals surface area contributed by atoms with Gasteiger partial charge in [-0.1, -0.05) is 17.7 Å². The average molecular weight is 296 g/mol. The number of halogens is 2. The molecule has 0 bridgehead atoms. The van der Waals surface area contributed by atoms with Crippen LogP contribution >= 0.6 is 11.6 Å². The monoisotopic (exact) mass is 295 g/mol. The Morgan fingerprint density at radius 2 is 2.30 bits per heavy atom. The Balaban J connectivity index is 1.90. The summed E-state index contributed by atoms with van der Waals surface area (Å²) in [5.74, 6) is 0.451. The van der Waals surface area contributed by atoms with Gasteiger partial charge in [-0.3, -0.25) is 5.10 Å². The predicted octanol–water partition coefficient (Wildman–Crippen LogP) is 2.19. The number of rotatable bonds is 2. The molecule has 1 saturated heterocycles. The molecule has 1 aromatic heterocycles. The number of nitrogens with zero attached hydrogens (tertiary/aromatic N) is 3. The zero-order chi connectivity index (χ0) is 14.1. The Morgan fingerprint density at radius 3 is 3.05 bits per heavy atom. The van der Waals surface area contributed by atoms with E-state index in [2.05, 4.69) is 15.2 Å². The third-order valence-corrected chi connectivity index (χ3v) is 3.73. The van der Waals surface area contributed by atoms with Crippen molar-refractivity contribution in [2.45, 2.75) is 18.9 Å². The summed E-state index contributed by atoms with van der Waals surface area (Å²) in [6, 6.07) is 4.66. The van der Waals surface area contributed by atoms with E-state index in [0.717, 1.165) is 19.4 Å². The molecule has 3 N–H and O–H groups in total. The fraction of sp³-hybridized carbons (Fsp3) is 0.385. The number of aromatic nitrogens is 3. The van der Waals surface area contributed by atoms with Crippen molar-refractivity contribution in [1.82, 2.24) is 15.2 Å². The van der Waals surface area contributed by atoms with Gasteiger partial charge in [0.1, 0.15) is 5.82 Å². The lowest BCUT2D eigenvalue weighted by molar-refractivity contribution is 0.500. The lowest BCUT2D eigenvalue weighted by atomic mass is 10.1. The molecular formula is C13H15ClFN5. The zero-order valence-electron chi connectivity index (χ0n) is 10.8. The van der Waals surface area contributed by atoms with E-state index < -0.39 is 5.82 Å². The van der Waals surface area contributed by atoms with Crippen molar-refractivity contribution >= 4 is 17.5 Å². The average Bonchev–Trinajstić information content (AvgIpc) is 2.88. The van der Waals surface area contributed by atoms with E-state index in [9.17, 15) is 4.39 Å². The van der Waals surface area contributed by atoms with E-state index in [0.29, 0.717) is 23.3 Å². The van der Waals surface area contributed by atoms with E-state index in [4.69, 9.17) is 17.3 Å². The highest BCUT2D eigenvalue weighted by Gasteiger charge is 2.21. The number of anilines is 1. The molecule has 0 aliphatic carbocycles. The summed E-state index contributed by atoms with van der Waals surface area (Å²) in [6.45, 7) is 1.57. The molecule has 1 unspecified atom stereocenters. The molecule has 0 spiro atoms. The first-order valence-electron chi connectivity index (χ1n) is 6.52. The molecule has 3 rings (SSSR count). The summed E-state index contributed by atoms with van der Waals surface area (Å²) in [5.41, 5.74) is 6.18. The summed E-state index contributed by atoms with van der Waals surface area (Å²) < 4.78 is 13.8. The van der Waals surface area contributed by atoms with Crippen LogP contribution in [0.25, 0.3) is 11.4 Å². The van der Waals surface area contributed by atoms with Crippen LogP contribution in [0.15, 0.2) is 18.2 Å². The lowest BCUT2D eigenvalue weighted by Gasteiger charge is -2.29. The Labute approximate surface area is 120 Å². The van der Waals surface area contributed by atoms with Gasteiger partial charge in [0.25, 0.3) is 0 Å². The van der Waals surface area contributed by atoms with Gasteiger partial charge in [-0.2, -0.15) is 4.98 Å². The van der Waals surface area contributed by atoms with Gasteiger partial charge in [-0.15, -0.1) is 5.10 Å². The van der Waals surface area contributed by atoms with Crippen molar-refractivity contribution in [3.05, 3.63) is 29.0 Å². The highest BCUT2D eigenvalue weighted by molar-refractivity contribution is 6.33. The zero-order valence-corrected chi connectivity index (χ0v) is 11.6. The predicted molar refractivity (Wildman–Crippen MR) is 76.2 cm³/mol. The number of hydrogen-bond acceptors (Lipinski definition) is 4. The number of nitrogens with two attached hydrogens (primary N) is 1. The van der Waals surface area contributed by atoms with Gasteiger partial charge in [0, 0.05) is 19.1 Å². The van der Waals surface area contributed by atoms with Crippen LogP contribution in [0.5, 0.6) is 0 Å². The summed E-state index contributed by atoms with van der Waals surface area (Å²) in [5, 5.41) is 7.20. The molecule has 0 saturated carbocycles. The largest absolute Gasteiger partial charge is 0.338 e. The van der Waals surface area contributed by atoms with Crippen molar-refractivity contribution in [2.24, 2.45) is 5.73 Å². The molecule has 1 aliphatic heterocycles. The standard InChI is InChI=1S/C13H15ClFN5/c14-9-4-1-5-10(15)11(9)12-17-13(19-18-12)20-6-2-3-8(16)7-20/h1,4-5,8H,2-3,6-7,16H2,(H,17,18,19). The van der Waals surface area contributed by atoms with Gasteiger partial charge < -0.3 is 10.6 Å². The van der Waals surface area contributed by atoms with Gasteiger partial charge in [-0.05, 0) is 25.0 Å². The molecule has 0 radical (unpaired) electrons. The molecule has 20 heavy (non-hydrogen) atoms. The quantitative estimate of drug-likeness (QED) is 0.891. The Morgan fingerprint density at radius 1 is 1.45 bits per heavy atom. The summed E-state index contributed by atoms with van der Waals surface area (Å²) >= 11 is 6.02. The molecule has 2 heterocycles. The first kappa shape index (κ1) is 13.3. The van der Waals surface area contributed by atoms with Gasteiger partial charge in [0.15, 0.2) is 5.82 Å². The second-order valence-corrected chi connectivity index (χ2v) is 5.34. The van der Waals surface area contributed by atoms with Crippen molar-refractivity contribution in [3.63, 3.8) is 0 Å². The molecule has 5 nitrogen and oxygen atoms in total. The third-order valence-electron chi connectivity index (χ3n) is 3.41. The van der Waals surface area contributed by atoms with Crippen molar-refractivity contribution in [1.29, 1.82) is 0 Å². The van der Waals surface area contributed by atoms with Crippen LogP contribution in [0.1, 0.15) is 12.8 Å². The molecule has 2 aromatic rings. The first-order valence-corrected chi connectivity index (χ1v) is 6.90. The number of H-pyrrole nitrogens is 1. The maximum Gasteiger partial charge on any atom is 0.245 e. The fourth-order valence-electron chi connectivity index (χ4n) is 2.42. The van der Waals surface area contributed by atoms with Crippen LogP contribution in [-0.2, 0) is 0 Å². The molecule has 1 aliphatic rings. The lowest BCUT2D eigenvalue weighted by Crippen LogP contribution is -2.43. The van der Waals surface area contributed by atoms with Gasteiger partial charge in [0.05, 0.1) is 10.6 Å². The molecule has 0 amide bonds. The van der Waals surface area contributed by atoms with Gasteiger partial charge >= 0.3 is 0 Å². The highest BCUT2D eigenvalue weighted by atomic mass is 35.5. The minimum Gasteiger partial charge on any atom is -0.338 e. The third kappa shape index (κ3) is 2.48. The van der Waals surface area contributed by atoms with Crippen LogP contribution in [0.2, 0.25) is 5.02 Å². The summed E-state index contributed by atoms with van der Waals surface area (Å²) in [6.07, 6.45) is 2.01. The normalized spacial score (nSPS) is 19.4. The van der Waals surface area contributed by atoms with E-state index >= 15 is 0 Å². The fourth-order valence-corrected chi connectivity index (χ4v) is 2.67. The van der Waals surface area contributed by atoms with Gasteiger partial charge in [-0.25, -0.2) is 4.39 Å². The molecule has 7 heteroatoms. The molecule has 1 aromatic carbocycles. The molecular weight excluding hydrogens is 281 g/mol. The first-order chi connectivity index (χ1) is 9.65. The highest BCUT2D eigenvalue weighted by Crippen LogP contribution is 2.29. The topological polar surface area (TPSA) is 70.8 Å². The Kier molecular flexibility index (Phi) is 3.58. The van der Waals surface area contributed by atoms with E-state index in [1.807, 2.05) is 4.90 Å². The number of aromatic amines is 1. The molecule has 1 atom stereocenters. The Hall–Kier alpha value is -1.66. The SMILES string of the molecule is NC1CCCN(c2n[nH]c(-c3c(F)cccc3Cl)n2)C1. The minimum absolute atomic E-state index is 0.128. The van der Waals surface area contributed by atoms with E-state index in [1.165, 1.54) is 6.07 Å². The number of hydrogen-bond donors (Lipinski definition) is 2. The summed E-state index contributed by atoms with van der Waals surface area (Å²) in [7, 11) is 0. The van der Waals surface area contributed by atoms with E-state index in [1.54, 1.807) is 12.1 Å². The smallest absolute Gasteiger partial charge is 0.245 e. The maximum absolute atomic E-state index is 13.8. The van der Waals surface area contributed by atoms with Gasteiger partial charge in [0.2, 0.25) is 5.95 Å². The van der Waals surface area contributed by atoms with Crippen LogP contribution in [0.3, 0.4) is 0 Å². The number of nitrogens with one attached hydrogen (secondary N) is 1. The molecule has 106 valence electrons. The van der Waals surface area contributed by atoms with Crippen molar-refractivity contribution in [3.8, 4) is 11.4 Å². The van der Waals surface area contributed by atoms with E-state index in [-0.39, 0.29) is 11.6 Å². The number of piperidine rings is 1. The summed E-state index contributed by atoms with van der Waals surface area (Å²) in [4.78, 5) is 6.34. The van der Waals surface area contributed by atoms with Crippen molar-refractivity contribution < 1.29 is 4.39 Å². The second kappa shape index (κ2) is 5.38. The number of benzene rings is 1. The molecule has 1 fully saturated rings. The Bertz CT molecular complexity index is 594. The van der Waals surface area contributed by atoms with Crippen LogP contribution in [0.4, 0.5) is 10.3 Å². The van der Waals surface area contributed by atoms with Crippen molar-refractivity contribution in [2.75, 3.05) is 18.0 Å².